The Hall–Kier alpha value is -3.93. The lowest BCUT2D eigenvalue weighted by molar-refractivity contribution is 0.0951. The molecule has 0 spiro atoms. The van der Waals surface area contributed by atoms with Crippen molar-refractivity contribution in [3.05, 3.63) is 95.9 Å². The van der Waals surface area contributed by atoms with Crippen molar-refractivity contribution in [1.82, 2.24) is 20.2 Å². The summed E-state index contributed by atoms with van der Waals surface area (Å²) in [6, 6.07) is 21.5. The highest BCUT2D eigenvalue weighted by atomic mass is 16.2. The van der Waals surface area contributed by atoms with Gasteiger partial charge in [0.25, 0.3) is 5.91 Å². The Balaban J connectivity index is 1.67. The first kappa shape index (κ1) is 17.5. The molecule has 0 atom stereocenters. The van der Waals surface area contributed by atoms with Crippen LogP contribution in [0.4, 0.5) is 0 Å². The number of hydrogen-bond donors (Lipinski definition) is 2. The quantitative estimate of drug-likeness (QED) is 0.413. The van der Waals surface area contributed by atoms with Gasteiger partial charge in [-0.3, -0.25) is 4.79 Å². The molecule has 1 amide bonds. The third kappa shape index (κ3) is 3.76. The molecular formula is C22H19N5O. The molecule has 2 N–H and O–H groups in total. The monoisotopic (exact) mass is 369 g/mol. The van der Waals surface area contributed by atoms with Gasteiger partial charge in [-0.05, 0) is 37.3 Å². The molecule has 0 aliphatic heterocycles. The molecular weight excluding hydrogens is 350 g/mol. The minimum absolute atomic E-state index is 0.297. The highest BCUT2D eigenvalue weighted by molar-refractivity contribution is 5.94. The second-order valence-corrected chi connectivity index (χ2v) is 6.37. The lowest BCUT2D eigenvalue weighted by Gasteiger charge is -2.01. The maximum atomic E-state index is 12.0. The highest BCUT2D eigenvalue weighted by Crippen LogP contribution is 2.23. The van der Waals surface area contributed by atoms with E-state index in [-0.39, 0.29) is 5.91 Å². The second kappa shape index (κ2) is 7.75. The average molecular weight is 369 g/mol. The van der Waals surface area contributed by atoms with Gasteiger partial charge in [0, 0.05) is 23.5 Å². The summed E-state index contributed by atoms with van der Waals surface area (Å²) in [5.74, 6) is -0.297. The fraction of sp³-hybridized carbons (Fsp3) is 0.0455. The van der Waals surface area contributed by atoms with Gasteiger partial charge in [0.05, 0.1) is 11.9 Å². The highest BCUT2D eigenvalue weighted by Gasteiger charge is 2.11. The van der Waals surface area contributed by atoms with Crippen molar-refractivity contribution < 1.29 is 4.79 Å². The molecule has 0 fully saturated rings. The SMILES string of the molecule is Cc1cccc(-c2nn(-c3ccccc3)cc2/C=N\NC(=O)c2ccc[nH]2)c1. The van der Waals surface area contributed by atoms with Crippen molar-refractivity contribution in [3.8, 4) is 16.9 Å². The Bertz CT molecular complexity index is 1110. The molecule has 0 aliphatic rings. The maximum absolute atomic E-state index is 12.0. The Kier molecular flexibility index (Phi) is 4.84. The van der Waals surface area contributed by atoms with E-state index in [0.29, 0.717) is 5.69 Å². The average Bonchev–Trinajstić information content (AvgIpc) is 3.39. The Morgan fingerprint density at radius 3 is 2.71 bits per heavy atom. The van der Waals surface area contributed by atoms with Crippen molar-refractivity contribution in [1.29, 1.82) is 0 Å². The number of nitrogens with one attached hydrogen (secondary N) is 2. The number of aryl methyl sites for hydroxylation is 1. The molecule has 0 radical (unpaired) electrons. The van der Waals surface area contributed by atoms with E-state index in [2.05, 4.69) is 21.6 Å². The zero-order valence-electron chi connectivity index (χ0n) is 15.3. The molecule has 2 aromatic carbocycles. The molecule has 0 unspecified atom stereocenters. The zero-order chi connectivity index (χ0) is 19.3. The third-order valence-corrected chi connectivity index (χ3v) is 4.27. The molecule has 4 rings (SSSR count). The van der Waals surface area contributed by atoms with Crippen LogP contribution >= 0.6 is 0 Å². The zero-order valence-corrected chi connectivity index (χ0v) is 15.3. The van der Waals surface area contributed by atoms with Gasteiger partial charge in [0.1, 0.15) is 11.4 Å². The Morgan fingerprint density at radius 2 is 1.96 bits per heavy atom. The van der Waals surface area contributed by atoms with Crippen LogP contribution in [-0.4, -0.2) is 26.9 Å². The fourth-order valence-electron chi connectivity index (χ4n) is 2.90. The van der Waals surface area contributed by atoms with Crippen molar-refractivity contribution in [2.75, 3.05) is 0 Å². The lowest BCUT2D eigenvalue weighted by Crippen LogP contribution is -2.17. The van der Waals surface area contributed by atoms with Gasteiger partial charge < -0.3 is 4.98 Å². The molecule has 0 saturated carbocycles. The predicted molar refractivity (Wildman–Crippen MR) is 110 cm³/mol. The minimum atomic E-state index is -0.297. The number of benzene rings is 2. The van der Waals surface area contributed by atoms with E-state index in [1.54, 1.807) is 24.5 Å². The fourth-order valence-corrected chi connectivity index (χ4v) is 2.90. The smallest absolute Gasteiger partial charge is 0.287 e. The number of aromatic amines is 1. The summed E-state index contributed by atoms with van der Waals surface area (Å²) in [6.07, 6.45) is 5.21. The van der Waals surface area contributed by atoms with E-state index >= 15 is 0 Å². The van der Waals surface area contributed by atoms with Gasteiger partial charge in [0.2, 0.25) is 0 Å². The summed E-state index contributed by atoms with van der Waals surface area (Å²) in [4.78, 5) is 14.9. The maximum Gasteiger partial charge on any atom is 0.287 e. The van der Waals surface area contributed by atoms with E-state index in [1.165, 1.54) is 0 Å². The van der Waals surface area contributed by atoms with Crippen molar-refractivity contribution in [2.24, 2.45) is 5.10 Å². The standard InChI is InChI=1S/C22H19N5O/c1-16-7-5-8-17(13-16)21-18(14-24-25-22(28)20-11-6-12-23-20)15-27(26-21)19-9-3-2-4-10-19/h2-15,23H,1H3,(H,25,28)/b24-14-. The van der Waals surface area contributed by atoms with Gasteiger partial charge in [0.15, 0.2) is 0 Å². The Morgan fingerprint density at radius 1 is 1.11 bits per heavy atom. The number of hydrogen-bond acceptors (Lipinski definition) is 3. The summed E-state index contributed by atoms with van der Waals surface area (Å²) < 4.78 is 1.81. The summed E-state index contributed by atoms with van der Waals surface area (Å²) in [6.45, 7) is 2.04. The molecule has 6 heteroatoms. The first-order valence-corrected chi connectivity index (χ1v) is 8.89. The number of hydrazone groups is 1. The summed E-state index contributed by atoms with van der Waals surface area (Å²) >= 11 is 0. The molecule has 6 nitrogen and oxygen atoms in total. The molecule has 2 heterocycles. The number of aromatic nitrogens is 3. The summed E-state index contributed by atoms with van der Waals surface area (Å²) in [5.41, 5.74) is 7.68. The van der Waals surface area contributed by atoms with Crippen molar-refractivity contribution >= 4 is 12.1 Å². The van der Waals surface area contributed by atoms with Gasteiger partial charge in [-0.2, -0.15) is 10.2 Å². The van der Waals surface area contributed by atoms with Crippen LogP contribution in [0.3, 0.4) is 0 Å². The predicted octanol–water partition coefficient (Wildman–Crippen LogP) is 3.94. The molecule has 0 aliphatic carbocycles. The second-order valence-electron chi connectivity index (χ2n) is 6.37. The van der Waals surface area contributed by atoms with Crippen molar-refractivity contribution in [2.45, 2.75) is 6.92 Å². The van der Waals surface area contributed by atoms with Crippen LogP contribution in [0, 0.1) is 6.92 Å². The topological polar surface area (TPSA) is 75.1 Å². The number of nitrogens with zero attached hydrogens (tertiary/aromatic N) is 3. The molecule has 0 saturated heterocycles. The molecule has 28 heavy (non-hydrogen) atoms. The van der Waals surface area contributed by atoms with Crippen LogP contribution in [-0.2, 0) is 0 Å². The molecule has 138 valence electrons. The van der Waals surface area contributed by atoms with Gasteiger partial charge in [-0.25, -0.2) is 10.1 Å². The van der Waals surface area contributed by atoms with Gasteiger partial charge in [-0.1, -0.05) is 42.0 Å². The van der Waals surface area contributed by atoms with E-state index < -0.39 is 0 Å². The van der Waals surface area contributed by atoms with Crippen LogP contribution in [0.25, 0.3) is 16.9 Å². The number of carbonyl (C=O) groups excluding carboxylic acids is 1. The van der Waals surface area contributed by atoms with E-state index in [9.17, 15) is 4.79 Å². The first-order valence-electron chi connectivity index (χ1n) is 8.89. The number of amides is 1. The molecule has 2 aromatic heterocycles. The number of para-hydroxylation sites is 1. The van der Waals surface area contributed by atoms with Crippen LogP contribution in [0.2, 0.25) is 0 Å². The van der Waals surface area contributed by atoms with Crippen LogP contribution < -0.4 is 5.43 Å². The van der Waals surface area contributed by atoms with Gasteiger partial charge in [-0.15, -0.1) is 0 Å². The molecule has 4 aromatic rings. The summed E-state index contributed by atoms with van der Waals surface area (Å²) in [5, 5.41) is 8.86. The summed E-state index contributed by atoms with van der Waals surface area (Å²) in [7, 11) is 0. The largest absolute Gasteiger partial charge is 0.357 e. The van der Waals surface area contributed by atoms with E-state index in [4.69, 9.17) is 5.10 Å². The lowest BCUT2D eigenvalue weighted by atomic mass is 10.1. The third-order valence-electron chi connectivity index (χ3n) is 4.27. The number of rotatable bonds is 5. The van der Waals surface area contributed by atoms with Crippen LogP contribution in [0.1, 0.15) is 21.6 Å². The number of H-pyrrole nitrogens is 1. The first-order chi connectivity index (χ1) is 13.7. The molecule has 0 bridgehead atoms. The number of carbonyl (C=O) groups is 1. The van der Waals surface area contributed by atoms with Gasteiger partial charge >= 0.3 is 0 Å². The van der Waals surface area contributed by atoms with E-state index in [1.807, 2.05) is 66.3 Å². The van der Waals surface area contributed by atoms with Crippen LogP contribution in [0.15, 0.2) is 84.2 Å². The minimum Gasteiger partial charge on any atom is -0.357 e. The van der Waals surface area contributed by atoms with Crippen molar-refractivity contribution in [3.63, 3.8) is 0 Å². The normalized spacial score (nSPS) is 11.0. The van der Waals surface area contributed by atoms with Crippen LogP contribution in [0.5, 0.6) is 0 Å². The van der Waals surface area contributed by atoms with E-state index in [0.717, 1.165) is 28.1 Å². The Labute approximate surface area is 162 Å².